The summed E-state index contributed by atoms with van der Waals surface area (Å²) in [7, 11) is 0. The fourth-order valence-corrected chi connectivity index (χ4v) is 4.69. The van der Waals surface area contributed by atoms with E-state index in [1.165, 1.54) is 44.0 Å². The number of nitrogens with zero attached hydrogens (tertiary/aromatic N) is 2. The van der Waals surface area contributed by atoms with Gasteiger partial charge in [-0.2, -0.15) is 4.98 Å². The van der Waals surface area contributed by atoms with Crippen molar-refractivity contribution in [2.75, 3.05) is 5.32 Å². The number of imidazole rings is 1. The van der Waals surface area contributed by atoms with Crippen LogP contribution in [0.5, 0.6) is 0 Å². The molecule has 0 fully saturated rings. The molecule has 5 aromatic carbocycles. The van der Waals surface area contributed by atoms with Crippen LogP contribution in [0.3, 0.4) is 0 Å². The maximum absolute atomic E-state index is 12.3. The second kappa shape index (κ2) is 5.79. The Balaban J connectivity index is 1.52. The van der Waals surface area contributed by atoms with Gasteiger partial charge in [-0.3, -0.25) is 9.78 Å². The molecule has 0 aliphatic heterocycles. The van der Waals surface area contributed by atoms with Crippen LogP contribution in [0.1, 0.15) is 0 Å². The summed E-state index contributed by atoms with van der Waals surface area (Å²) >= 11 is 0. The minimum Gasteiger partial charge on any atom is -0.339 e. The summed E-state index contributed by atoms with van der Waals surface area (Å²) in [6.07, 6.45) is 1.47. The van der Waals surface area contributed by atoms with E-state index in [9.17, 15) is 4.79 Å². The van der Waals surface area contributed by atoms with Crippen molar-refractivity contribution < 1.29 is 0 Å². The number of benzene rings is 5. The second-order valence-corrected chi connectivity index (χ2v) is 7.77. The third-order valence-corrected chi connectivity index (χ3v) is 6.06. The van der Waals surface area contributed by atoms with Crippen LogP contribution < -0.4 is 10.9 Å². The maximum atomic E-state index is 12.3. The smallest absolute Gasteiger partial charge is 0.278 e. The van der Waals surface area contributed by atoms with E-state index >= 15 is 0 Å². The van der Waals surface area contributed by atoms with Crippen LogP contribution in [-0.4, -0.2) is 19.9 Å². The van der Waals surface area contributed by atoms with Gasteiger partial charge in [-0.15, -0.1) is 0 Å². The van der Waals surface area contributed by atoms with Crippen LogP contribution in [0, 0.1) is 0 Å². The van der Waals surface area contributed by atoms with Gasteiger partial charge in [0.1, 0.15) is 0 Å². The lowest BCUT2D eigenvalue weighted by molar-refractivity contribution is 1.16. The first-order chi connectivity index (χ1) is 15.3. The van der Waals surface area contributed by atoms with E-state index in [2.05, 4.69) is 85.9 Å². The Labute approximate surface area is 174 Å². The Morgan fingerprint density at radius 2 is 1.58 bits per heavy atom. The number of H-pyrrole nitrogens is 2. The third-order valence-electron chi connectivity index (χ3n) is 6.06. The first-order valence-corrected chi connectivity index (χ1v) is 10.1. The molecule has 7 rings (SSSR count). The SMILES string of the molecule is O=c1[nH]c(Nc2ccc3ccc4cc5ccccc5c5ccc2c3c45)nc2nc[nH]c12. The predicted molar refractivity (Wildman–Crippen MR) is 125 cm³/mol. The lowest BCUT2D eigenvalue weighted by atomic mass is 9.90. The minimum atomic E-state index is -0.255. The Hall–Kier alpha value is -4.45. The van der Waals surface area contributed by atoms with Crippen molar-refractivity contribution >= 4 is 65.9 Å². The molecule has 0 unspecified atom stereocenters. The van der Waals surface area contributed by atoms with Crippen molar-refractivity contribution in [3.05, 3.63) is 83.4 Å². The monoisotopic (exact) mass is 401 g/mol. The molecule has 0 saturated carbocycles. The van der Waals surface area contributed by atoms with Crippen molar-refractivity contribution in [1.82, 2.24) is 19.9 Å². The lowest BCUT2D eigenvalue weighted by Gasteiger charge is -2.16. The molecule has 2 aromatic heterocycles. The molecule has 0 bridgehead atoms. The summed E-state index contributed by atoms with van der Waals surface area (Å²) in [5, 5.41) is 13.0. The summed E-state index contributed by atoms with van der Waals surface area (Å²) in [5.41, 5.74) is 1.38. The molecule has 3 N–H and O–H groups in total. The van der Waals surface area contributed by atoms with Crippen molar-refractivity contribution in [3.8, 4) is 0 Å². The first-order valence-electron chi connectivity index (χ1n) is 10.1. The van der Waals surface area contributed by atoms with E-state index in [1.54, 1.807) is 0 Å². The predicted octanol–water partition coefficient (Wildman–Crippen LogP) is 5.44. The fraction of sp³-hybridized carbons (Fsp3) is 0. The molecule has 0 aliphatic carbocycles. The Morgan fingerprint density at radius 3 is 2.55 bits per heavy atom. The standard InChI is InChI=1S/C25H15N5O/c31-24-22-23(27-12-26-22)29-25(30-24)28-19-10-7-13-5-6-15-11-14-3-1-2-4-16(14)17-8-9-18(19)20(13)21(15)17/h1-12H,(H3,26,27,28,29,30,31). The Bertz CT molecular complexity index is 1850. The van der Waals surface area contributed by atoms with Gasteiger partial charge in [0.05, 0.1) is 6.33 Å². The van der Waals surface area contributed by atoms with Gasteiger partial charge in [-0.05, 0) is 49.8 Å². The van der Waals surface area contributed by atoms with E-state index in [0.29, 0.717) is 17.1 Å². The molecule has 2 heterocycles. The zero-order valence-corrected chi connectivity index (χ0v) is 16.2. The van der Waals surface area contributed by atoms with E-state index in [0.717, 1.165) is 11.1 Å². The molecule has 0 saturated heterocycles. The zero-order valence-electron chi connectivity index (χ0n) is 16.2. The van der Waals surface area contributed by atoms with Gasteiger partial charge in [0.25, 0.3) is 5.56 Å². The number of hydrogen-bond donors (Lipinski definition) is 3. The summed E-state index contributed by atoms with van der Waals surface area (Å²) in [6.45, 7) is 0. The molecule has 6 heteroatoms. The highest BCUT2D eigenvalue weighted by molar-refractivity contribution is 6.30. The number of hydrogen-bond acceptors (Lipinski definition) is 4. The number of aromatic nitrogens is 4. The van der Waals surface area contributed by atoms with Gasteiger partial charge in [-0.1, -0.05) is 54.6 Å². The molecular formula is C25H15N5O. The molecule has 6 nitrogen and oxygen atoms in total. The van der Waals surface area contributed by atoms with E-state index in [-0.39, 0.29) is 5.56 Å². The number of rotatable bonds is 2. The Kier molecular flexibility index (Phi) is 3.06. The summed E-state index contributed by atoms with van der Waals surface area (Å²) in [5.74, 6) is 0.366. The van der Waals surface area contributed by atoms with Crippen molar-refractivity contribution in [2.24, 2.45) is 0 Å². The van der Waals surface area contributed by atoms with Crippen LogP contribution in [0.4, 0.5) is 11.6 Å². The average molecular weight is 401 g/mol. The summed E-state index contributed by atoms with van der Waals surface area (Å²) in [6, 6.07) is 23.5. The van der Waals surface area contributed by atoms with Gasteiger partial charge in [0.15, 0.2) is 11.2 Å². The molecule has 7 aromatic rings. The fourth-order valence-electron chi connectivity index (χ4n) is 4.69. The largest absolute Gasteiger partial charge is 0.339 e. The Morgan fingerprint density at radius 1 is 0.774 bits per heavy atom. The average Bonchev–Trinajstić information content (AvgIpc) is 3.27. The minimum absolute atomic E-state index is 0.255. The number of aromatic amines is 2. The number of anilines is 2. The summed E-state index contributed by atoms with van der Waals surface area (Å²) < 4.78 is 0. The topological polar surface area (TPSA) is 86.5 Å². The molecule has 31 heavy (non-hydrogen) atoms. The molecule has 0 aliphatic rings. The molecule has 0 radical (unpaired) electrons. The van der Waals surface area contributed by atoms with Gasteiger partial charge >= 0.3 is 0 Å². The van der Waals surface area contributed by atoms with Crippen LogP contribution in [0.25, 0.3) is 54.3 Å². The summed E-state index contributed by atoms with van der Waals surface area (Å²) in [4.78, 5) is 26.5. The lowest BCUT2D eigenvalue weighted by Crippen LogP contribution is -2.11. The van der Waals surface area contributed by atoms with Crippen LogP contribution >= 0.6 is 0 Å². The highest BCUT2D eigenvalue weighted by Crippen LogP contribution is 2.41. The highest BCUT2D eigenvalue weighted by Gasteiger charge is 2.14. The van der Waals surface area contributed by atoms with Crippen LogP contribution in [-0.2, 0) is 0 Å². The number of nitrogens with one attached hydrogen (secondary N) is 3. The van der Waals surface area contributed by atoms with Crippen molar-refractivity contribution in [2.45, 2.75) is 0 Å². The van der Waals surface area contributed by atoms with Gasteiger partial charge < -0.3 is 10.3 Å². The zero-order chi connectivity index (χ0) is 20.5. The van der Waals surface area contributed by atoms with E-state index < -0.39 is 0 Å². The van der Waals surface area contributed by atoms with Gasteiger partial charge in [0, 0.05) is 11.1 Å². The van der Waals surface area contributed by atoms with Crippen molar-refractivity contribution in [3.63, 3.8) is 0 Å². The molecule has 0 amide bonds. The van der Waals surface area contributed by atoms with Crippen molar-refractivity contribution in [1.29, 1.82) is 0 Å². The van der Waals surface area contributed by atoms with E-state index in [4.69, 9.17) is 0 Å². The second-order valence-electron chi connectivity index (χ2n) is 7.77. The molecule has 146 valence electrons. The molecule has 0 atom stereocenters. The van der Waals surface area contributed by atoms with Crippen LogP contribution in [0.2, 0.25) is 0 Å². The first kappa shape index (κ1) is 16.4. The quantitative estimate of drug-likeness (QED) is 0.266. The number of fused-ring (bicyclic) bond motifs is 3. The van der Waals surface area contributed by atoms with Gasteiger partial charge in [0.2, 0.25) is 5.95 Å². The maximum Gasteiger partial charge on any atom is 0.278 e. The molecule has 0 spiro atoms. The highest BCUT2D eigenvalue weighted by atomic mass is 16.1. The van der Waals surface area contributed by atoms with E-state index in [1.807, 2.05) is 6.07 Å². The third kappa shape index (κ3) is 2.24. The molecular weight excluding hydrogens is 386 g/mol. The normalized spacial score (nSPS) is 12.0. The van der Waals surface area contributed by atoms with Crippen LogP contribution in [0.15, 0.2) is 77.9 Å². The van der Waals surface area contributed by atoms with Gasteiger partial charge in [-0.25, -0.2) is 4.98 Å².